The third kappa shape index (κ3) is 2.20. The van der Waals surface area contributed by atoms with Crippen LogP contribution in [0.4, 0.5) is 0 Å². The minimum Gasteiger partial charge on any atom is -0.325 e. The van der Waals surface area contributed by atoms with Crippen molar-refractivity contribution >= 4 is 0 Å². The first-order valence-corrected chi connectivity index (χ1v) is 5.31. The molecule has 1 unspecified atom stereocenters. The molecular formula is C10H20N2. The second-order valence-corrected chi connectivity index (χ2v) is 4.55. The highest BCUT2D eigenvalue weighted by atomic mass is 14.9. The molecule has 0 aromatic heterocycles. The normalized spacial score (nSPS) is 33.2. The zero-order chi connectivity index (χ0) is 8.44. The largest absolute Gasteiger partial charge is 0.325 e. The lowest BCUT2D eigenvalue weighted by Gasteiger charge is -2.24. The predicted molar refractivity (Wildman–Crippen MR) is 51.0 cm³/mol. The van der Waals surface area contributed by atoms with Crippen LogP contribution in [0.25, 0.3) is 0 Å². The predicted octanol–water partition coefficient (Wildman–Crippen LogP) is 1.40. The van der Waals surface area contributed by atoms with Crippen LogP contribution >= 0.6 is 0 Å². The van der Waals surface area contributed by atoms with Crippen molar-refractivity contribution < 1.29 is 0 Å². The van der Waals surface area contributed by atoms with Crippen molar-refractivity contribution in [2.24, 2.45) is 5.73 Å². The number of nitrogens with one attached hydrogen (secondary N) is 1. The van der Waals surface area contributed by atoms with Crippen LogP contribution in [-0.4, -0.2) is 18.1 Å². The summed E-state index contributed by atoms with van der Waals surface area (Å²) in [6.45, 7) is 1.22. The van der Waals surface area contributed by atoms with Gasteiger partial charge in [-0.3, -0.25) is 0 Å². The van der Waals surface area contributed by atoms with Crippen molar-refractivity contribution in [2.75, 3.05) is 6.54 Å². The van der Waals surface area contributed by atoms with Gasteiger partial charge in [0.15, 0.2) is 0 Å². The van der Waals surface area contributed by atoms with Crippen LogP contribution < -0.4 is 11.1 Å². The third-order valence-electron chi connectivity index (χ3n) is 3.30. The van der Waals surface area contributed by atoms with Crippen LogP contribution in [0.2, 0.25) is 0 Å². The summed E-state index contributed by atoms with van der Waals surface area (Å²) in [5.41, 5.74) is 6.30. The van der Waals surface area contributed by atoms with Crippen molar-refractivity contribution in [3.05, 3.63) is 0 Å². The first-order valence-electron chi connectivity index (χ1n) is 5.31. The van der Waals surface area contributed by atoms with Crippen LogP contribution in [0, 0.1) is 0 Å². The summed E-state index contributed by atoms with van der Waals surface area (Å²) in [4.78, 5) is 0. The lowest BCUT2D eigenvalue weighted by atomic mass is 9.98. The molecule has 0 aromatic rings. The van der Waals surface area contributed by atoms with E-state index in [1.165, 1.54) is 51.5 Å². The maximum atomic E-state index is 6.04. The Morgan fingerprint density at radius 1 is 1.33 bits per heavy atom. The quantitative estimate of drug-likeness (QED) is 0.668. The molecule has 1 saturated carbocycles. The summed E-state index contributed by atoms with van der Waals surface area (Å²) in [5, 5.41) is 3.56. The molecule has 1 atom stereocenters. The van der Waals surface area contributed by atoms with E-state index < -0.39 is 0 Å². The van der Waals surface area contributed by atoms with Gasteiger partial charge in [-0.2, -0.15) is 0 Å². The lowest BCUT2D eigenvalue weighted by Crippen LogP contribution is -2.35. The minimum absolute atomic E-state index is 0.263. The van der Waals surface area contributed by atoms with Gasteiger partial charge in [-0.05, 0) is 45.1 Å². The Morgan fingerprint density at radius 3 is 2.75 bits per heavy atom. The number of rotatable bonds is 3. The number of hydrogen-bond acceptors (Lipinski definition) is 2. The second kappa shape index (κ2) is 3.35. The minimum atomic E-state index is 0.263. The first kappa shape index (κ1) is 8.52. The van der Waals surface area contributed by atoms with E-state index in [4.69, 9.17) is 5.73 Å². The first-order chi connectivity index (χ1) is 5.79. The Morgan fingerprint density at radius 2 is 2.17 bits per heavy atom. The summed E-state index contributed by atoms with van der Waals surface area (Å²) >= 11 is 0. The van der Waals surface area contributed by atoms with Gasteiger partial charge in [0.25, 0.3) is 0 Å². The van der Waals surface area contributed by atoms with E-state index in [2.05, 4.69) is 5.32 Å². The van der Waals surface area contributed by atoms with E-state index >= 15 is 0 Å². The monoisotopic (exact) mass is 168 g/mol. The summed E-state index contributed by atoms with van der Waals surface area (Å²) in [5.74, 6) is 0. The summed E-state index contributed by atoms with van der Waals surface area (Å²) in [6.07, 6.45) is 9.22. The number of hydrogen-bond donors (Lipinski definition) is 2. The molecule has 0 bridgehead atoms. The van der Waals surface area contributed by atoms with Crippen LogP contribution in [0.3, 0.4) is 0 Å². The molecule has 3 N–H and O–H groups in total. The van der Waals surface area contributed by atoms with Crippen molar-refractivity contribution in [3.63, 3.8) is 0 Å². The number of nitrogens with two attached hydrogens (primary N) is 1. The van der Waals surface area contributed by atoms with Gasteiger partial charge in [0, 0.05) is 11.6 Å². The van der Waals surface area contributed by atoms with E-state index in [0.29, 0.717) is 0 Å². The van der Waals surface area contributed by atoms with E-state index in [9.17, 15) is 0 Å². The topological polar surface area (TPSA) is 38.0 Å². The number of piperidine rings is 1. The average Bonchev–Trinajstić information content (AvgIpc) is 2.84. The van der Waals surface area contributed by atoms with Gasteiger partial charge in [-0.15, -0.1) is 0 Å². The fourth-order valence-corrected chi connectivity index (χ4v) is 2.04. The Kier molecular flexibility index (Phi) is 2.37. The maximum Gasteiger partial charge on any atom is 0.0156 e. The van der Waals surface area contributed by atoms with Crippen molar-refractivity contribution in [1.29, 1.82) is 0 Å². The lowest BCUT2D eigenvalue weighted by molar-refractivity contribution is 0.362. The molecule has 2 fully saturated rings. The second-order valence-electron chi connectivity index (χ2n) is 4.55. The molecule has 2 heteroatoms. The smallest absolute Gasteiger partial charge is 0.0156 e. The fourth-order valence-electron chi connectivity index (χ4n) is 2.04. The standard InChI is InChI=1S/C10H20N2/c11-10(6-7-10)5-4-9-3-1-2-8-12-9/h9,12H,1-8,11H2. The fraction of sp³-hybridized carbons (Fsp3) is 1.00. The molecule has 1 aliphatic carbocycles. The summed E-state index contributed by atoms with van der Waals surface area (Å²) in [6, 6.07) is 0.778. The van der Waals surface area contributed by atoms with Gasteiger partial charge in [0.05, 0.1) is 0 Å². The zero-order valence-electron chi connectivity index (χ0n) is 7.81. The molecule has 1 aliphatic heterocycles. The van der Waals surface area contributed by atoms with E-state index in [0.717, 1.165) is 6.04 Å². The van der Waals surface area contributed by atoms with Gasteiger partial charge in [-0.1, -0.05) is 6.42 Å². The highest BCUT2D eigenvalue weighted by Crippen LogP contribution is 2.37. The van der Waals surface area contributed by atoms with Gasteiger partial charge >= 0.3 is 0 Å². The molecule has 0 radical (unpaired) electrons. The highest BCUT2D eigenvalue weighted by molar-refractivity contribution is 4.99. The zero-order valence-corrected chi connectivity index (χ0v) is 7.81. The molecular weight excluding hydrogens is 148 g/mol. The molecule has 2 rings (SSSR count). The molecule has 2 nitrogen and oxygen atoms in total. The molecule has 70 valence electrons. The van der Waals surface area contributed by atoms with E-state index in [1.807, 2.05) is 0 Å². The SMILES string of the molecule is NC1(CCC2CCCCN2)CC1. The third-order valence-corrected chi connectivity index (χ3v) is 3.30. The maximum absolute atomic E-state index is 6.04. The molecule has 1 saturated heterocycles. The van der Waals surface area contributed by atoms with Crippen LogP contribution in [-0.2, 0) is 0 Å². The molecule has 0 aromatic carbocycles. The Balaban J connectivity index is 1.65. The van der Waals surface area contributed by atoms with Crippen LogP contribution in [0.5, 0.6) is 0 Å². The molecule has 0 spiro atoms. The van der Waals surface area contributed by atoms with Gasteiger partial charge < -0.3 is 11.1 Å². The van der Waals surface area contributed by atoms with E-state index in [1.54, 1.807) is 0 Å². The van der Waals surface area contributed by atoms with Crippen molar-refractivity contribution in [3.8, 4) is 0 Å². The molecule has 2 aliphatic rings. The van der Waals surface area contributed by atoms with Gasteiger partial charge in [-0.25, -0.2) is 0 Å². The Hall–Kier alpha value is -0.0800. The van der Waals surface area contributed by atoms with Gasteiger partial charge in [0.1, 0.15) is 0 Å². The molecule has 1 heterocycles. The van der Waals surface area contributed by atoms with Crippen LogP contribution in [0.15, 0.2) is 0 Å². The summed E-state index contributed by atoms with van der Waals surface area (Å²) < 4.78 is 0. The van der Waals surface area contributed by atoms with Gasteiger partial charge in [0.2, 0.25) is 0 Å². The Labute approximate surface area is 74.9 Å². The average molecular weight is 168 g/mol. The van der Waals surface area contributed by atoms with Crippen molar-refractivity contribution in [1.82, 2.24) is 5.32 Å². The van der Waals surface area contributed by atoms with Crippen LogP contribution in [0.1, 0.15) is 44.9 Å². The molecule has 12 heavy (non-hydrogen) atoms. The van der Waals surface area contributed by atoms with Crippen molar-refractivity contribution in [2.45, 2.75) is 56.5 Å². The molecule has 0 amide bonds. The summed E-state index contributed by atoms with van der Waals surface area (Å²) in [7, 11) is 0. The Bertz CT molecular complexity index is 146. The highest BCUT2D eigenvalue weighted by Gasteiger charge is 2.37. The van der Waals surface area contributed by atoms with E-state index in [-0.39, 0.29) is 5.54 Å².